The van der Waals surface area contributed by atoms with Crippen molar-refractivity contribution in [2.45, 2.75) is 44.1 Å². The zero-order chi connectivity index (χ0) is 15.8. The Labute approximate surface area is 137 Å². The first-order chi connectivity index (χ1) is 11.2. The van der Waals surface area contributed by atoms with Gasteiger partial charge in [-0.25, -0.2) is 0 Å². The van der Waals surface area contributed by atoms with Crippen molar-refractivity contribution < 1.29 is 9.59 Å². The first-order valence-corrected chi connectivity index (χ1v) is 8.85. The molecule has 1 aromatic carbocycles. The largest absolute Gasteiger partial charge is 0.342 e. The molecule has 2 amide bonds. The van der Waals surface area contributed by atoms with Gasteiger partial charge in [-0.2, -0.15) is 0 Å². The summed E-state index contributed by atoms with van der Waals surface area (Å²) in [6, 6.07) is 11.0. The zero-order valence-electron chi connectivity index (χ0n) is 13.5. The highest BCUT2D eigenvalue weighted by molar-refractivity contribution is 5.89. The molecule has 4 rings (SSSR count). The van der Waals surface area contributed by atoms with E-state index in [2.05, 4.69) is 24.3 Å². The van der Waals surface area contributed by atoms with Crippen LogP contribution in [0.2, 0.25) is 0 Å². The van der Waals surface area contributed by atoms with Crippen LogP contribution in [0.3, 0.4) is 0 Å². The van der Waals surface area contributed by atoms with Gasteiger partial charge in [0.25, 0.3) is 0 Å². The number of carbonyl (C=O) groups excluding carboxylic acids is 2. The van der Waals surface area contributed by atoms with Crippen molar-refractivity contribution in [1.82, 2.24) is 9.80 Å². The van der Waals surface area contributed by atoms with Crippen LogP contribution in [0, 0.1) is 5.92 Å². The van der Waals surface area contributed by atoms with E-state index < -0.39 is 0 Å². The summed E-state index contributed by atoms with van der Waals surface area (Å²) in [4.78, 5) is 28.7. The van der Waals surface area contributed by atoms with Gasteiger partial charge < -0.3 is 9.80 Å². The van der Waals surface area contributed by atoms with Gasteiger partial charge in [0.2, 0.25) is 11.8 Å². The van der Waals surface area contributed by atoms with Crippen LogP contribution in [0.15, 0.2) is 30.3 Å². The van der Waals surface area contributed by atoms with E-state index in [9.17, 15) is 9.59 Å². The molecule has 122 valence electrons. The normalized spacial score (nSPS) is 25.9. The summed E-state index contributed by atoms with van der Waals surface area (Å²) < 4.78 is 0. The van der Waals surface area contributed by atoms with Gasteiger partial charge in [-0.05, 0) is 37.2 Å². The molecule has 1 saturated carbocycles. The Hall–Kier alpha value is -1.84. The van der Waals surface area contributed by atoms with Crippen molar-refractivity contribution >= 4 is 11.8 Å². The molecule has 3 aliphatic rings. The van der Waals surface area contributed by atoms with Gasteiger partial charge in [0, 0.05) is 32.1 Å². The minimum atomic E-state index is -0.101. The summed E-state index contributed by atoms with van der Waals surface area (Å²) in [6.07, 6.45) is 4.73. The summed E-state index contributed by atoms with van der Waals surface area (Å²) >= 11 is 0. The highest BCUT2D eigenvalue weighted by Gasteiger charge is 2.43. The van der Waals surface area contributed by atoms with Crippen LogP contribution in [-0.4, -0.2) is 47.3 Å². The molecule has 0 radical (unpaired) electrons. The van der Waals surface area contributed by atoms with E-state index in [1.165, 1.54) is 5.56 Å². The van der Waals surface area contributed by atoms with Gasteiger partial charge in [0.15, 0.2) is 0 Å². The number of piperidine rings is 1. The summed E-state index contributed by atoms with van der Waals surface area (Å²) in [5.74, 6) is 0.850. The fraction of sp³-hybridized carbons (Fsp3) is 0.579. The fourth-order valence-electron chi connectivity index (χ4n) is 4.05. The number of rotatable bonds is 3. The number of benzene rings is 1. The lowest BCUT2D eigenvalue weighted by atomic mass is 9.89. The van der Waals surface area contributed by atoms with Gasteiger partial charge >= 0.3 is 0 Å². The van der Waals surface area contributed by atoms with E-state index >= 15 is 0 Å². The Balaban J connectivity index is 1.33. The molecule has 1 atom stereocenters. The third-order valence-corrected chi connectivity index (χ3v) is 5.57. The molecule has 0 aromatic heterocycles. The van der Waals surface area contributed by atoms with Crippen molar-refractivity contribution in [2.24, 2.45) is 5.92 Å². The van der Waals surface area contributed by atoms with Crippen LogP contribution in [0.4, 0.5) is 0 Å². The van der Waals surface area contributed by atoms with Crippen molar-refractivity contribution in [1.29, 1.82) is 0 Å². The third kappa shape index (κ3) is 2.99. The smallest absolute Gasteiger partial charge is 0.227 e. The van der Waals surface area contributed by atoms with Crippen molar-refractivity contribution in [3.8, 4) is 0 Å². The molecular formula is C19H24N2O2. The monoisotopic (exact) mass is 312 g/mol. The fourth-order valence-corrected chi connectivity index (χ4v) is 4.05. The lowest BCUT2D eigenvalue weighted by molar-refractivity contribution is -0.136. The minimum absolute atomic E-state index is 0.101. The Bertz CT molecular complexity index is 589. The number of hydrogen-bond acceptors (Lipinski definition) is 2. The minimum Gasteiger partial charge on any atom is -0.342 e. The first-order valence-electron chi connectivity index (χ1n) is 8.85. The van der Waals surface area contributed by atoms with Crippen molar-refractivity contribution in [3.05, 3.63) is 35.9 Å². The van der Waals surface area contributed by atoms with E-state index in [1.54, 1.807) is 0 Å². The Kier molecular flexibility index (Phi) is 3.83. The van der Waals surface area contributed by atoms with Gasteiger partial charge in [0.05, 0.1) is 5.92 Å². The highest BCUT2D eigenvalue weighted by Crippen LogP contribution is 2.34. The average molecular weight is 312 g/mol. The predicted molar refractivity (Wildman–Crippen MR) is 87.8 cm³/mol. The molecule has 2 aliphatic heterocycles. The Morgan fingerprint density at radius 3 is 2.35 bits per heavy atom. The molecule has 4 nitrogen and oxygen atoms in total. The van der Waals surface area contributed by atoms with Crippen molar-refractivity contribution in [3.63, 3.8) is 0 Å². The molecule has 1 aromatic rings. The number of hydrogen-bond donors (Lipinski definition) is 0. The first kappa shape index (κ1) is 14.7. The van der Waals surface area contributed by atoms with Gasteiger partial charge in [-0.15, -0.1) is 0 Å². The molecule has 1 aliphatic carbocycles. The van der Waals surface area contributed by atoms with Crippen LogP contribution < -0.4 is 0 Å². The second-order valence-electron chi connectivity index (χ2n) is 7.19. The Morgan fingerprint density at radius 1 is 1.00 bits per heavy atom. The number of likely N-dealkylation sites (tertiary alicyclic amines) is 2. The zero-order valence-corrected chi connectivity index (χ0v) is 13.5. The third-order valence-electron chi connectivity index (χ3n) is 5.57. The topological polar surface area (TPSA) is 40.6 Å². The SMILES string of the molecule is O=C(C1CC(=O)N(C2CC2)C1)N1CCC(c2ccccc2)CC1. The summed E-state index contributed by atoms with van der Waals surface area (Å²) in [5.41, 5.74) is 1.38. The van der Waals surface area contributed by atoms with Crippen LogP contribution in [0.5, 0.6) is 0 Å². The van der Waals surface area contributed by atoms with Gasteiger partial charge in [0.1, 0.15) is 0 Å². The summed E-state index contributed by atoms with van der Waals surface area (Å²) in [6.45, 7) is 2.31. The molecule has 2 heterocycles. The molecule has 3 fully saturated rings. The number of nitrogens with zero attached hydrogens (tertiary/aromatic N) is 2. The lowest BCUT2D eigenvalue weighted by Gasteiger charge is -2.33. The van der Waals surface area contributed by atoms with E-state index in [0.717, 1.165) is 38.8 Å². The van der Waals surface area contributed by atoms with E-state index in [0.29, 0.717) is 24.9 Å². The van der Waals surface area contributed by atoms with E-state index in [4.69, 9.17) is 0 Å². The second-order valence-corrected chi connectivity index (χ2v) is 7.19. The predicted octanol–water partition coefficient (Wildman–Crippen LogP) is 2.40. The molecule has 1 unspecified atom stereocenters. The lowest BCUT2D eigenvalue weighted by Crippen LogP contribution is -2.42. The Morgan fingerprint density at radius 2 is 1.70 bits per heavy atom. The molecule has 4 heteroatoms. The highest BCUT2D eigenvalue weighted by atomic mass is 16.2. The molecular weight excluding hydrogens is 288 g/mol. The van der Waals surface area contributed by atoms with Crippen LogP contribution in [-0.2, 0) is 9.59 Å². The quantitative estimate of drug-likeness (QED) is 0.860. The van der Waals surface area contributed by atoms with Crippen LogP contribution in [0.1, 0.15) is 43.6 Å². The number of carbonyl (C=O) groups is 2. The van der Waals surface area contributed by atoms with Gasteiger partial charge in [-0.1, -0.05) is 30.3 Å². The molecule has 0 bridgehead atoms. The van der Waals surface area contributed by atoms with E-state index in [-0.39, 0.29) is 17.7 Å². The van der Waals surface area contributed by atoms with Crippen LogP contribution in [0.25, 0.3) is 0 Å². The van der Waals surface area contributed by atoms with Crippen LogP contribution >= 0.6 is 0 Å². The molecule has 2 saturated heterocycles. The van der Waals surface area contributed by atoms with E-state index in [1.807, 2.05) is 15.9 Å². The molecule has 0 N–H and O–H groups in total. The number of amides is 2. The molecule has 23 heavy (non-hydrogen) atoms. The standard InChI is InChI=1S/C19H24N2O2/c22-18-12-16(13-21(18)17-6-7-17)19(23)20-10-8-15(9-11-20)14-4-2-1-3-5-14/h1-5,15-17H,6-13H2. The maximum Gasteiger partial charge on any atom is 0.227 e. The van der Waals surface area contributed by atoms with Gasteiger partial charge in [-0.3, -0.25) is 9.59 Å². The second kappa shape index (κ2) is 5.99. The maximum atomic E-state index is 12.7. The molecule has 0 spiro atoms. The summed E-state index contributed by atoms with van der Waals surface area (Å²) in [5, 5.41) is 0. The van der Waals surface area contributed by atoms with Crippen molar-refractivity contribution in [2.75, 3.05) is 19.6 Å². The summed E-state index contributed by atoms with van der Waals surface area (Å²) in [7, 11) is 0. The maximum absolute atomic E-state index is 12.7. The average Bonchev–Trinajstić information content (AvgIpc) is 3.37.